The van der Waals surface area contributed by atoms with Crippen molar-refractivity contribution in [3.05, 3.63) is 474 Å². The van der Waals surface area contributed by atoms with Crippen molar-refractivity contribution in [3.63, 3.8) is 0 Å². The van der Waals surface area contributed by atoms with E-state index < -0.39 is 0 Å². The van der Waals surface area contributed by atoms with Gasteiger partial charge in [0, 0.05) is 123 Å². The molecular formula is C120H78N12. The Kier molecular flexibility index (Phi) is 18.6. The van der Waals surface area contributed by atoms with Crippen molar-refractivity contribution in [1.29, 1.82) is 0 Å². The van der Waals surface area contributed by atoms with Crippen LogP contribution in [0.1, 0.15) is 0 Å². The van der Waals surface area contributed by atoms with Gasteiger partial charge in [0.1, 0.15) is 11.3 Å². The second kappa shape index (κ2) is 32.1. The summed E-state index contributed by atoms with van der Waals surface area (Å²) in [6.45, 7) is 0. The van der Waals surface area contributed by atoms with Gasteiger partial charge in [-0.05, 0) is 190 Å². The number of para-hydroxylation sites is 7. The number of pyridine rings is 3. The van der Waals surface area contributed by atoms with Gasteiger partial charge in [0.25, 0.3) is 0 Å². The number of hydrogen-bond acceptors (Lipinski definition) is 6. The molecule has 0 aliphatic rings. The van der Waals surface area contributed by atoms with Crippen molar-refractivity contribution in [3.8, 4) is 102 Å². The van der Waals surface area contributed by atoms with Crippen LogP contribution in [0.15, 0.2) is 474 Å². The van der Waals surface area contributed by atoms with Crippen LogP contribution in [0.2, 0.25) is 0 Å². The van der Waals surface area contributed by atoms with Gasteiger partial charge in [0.2, 0.25) is 5.95 Å². The lowest BCUT2D eigenvalue weighted by Gasteiger charge is -2.12. The molecule has 27 aromatic rings. The third kappa shape index (κ3) is 12.9. The third-order valence-electron chi connectivity index (χ3n) is 25.8. The summed E-state index contributed by atoms with van der Waals surface area (Å²) in [5.41, 5.74) is 30.3. The SMILES string of the molecule is c1ccc(-c2ccc(-n3c4ccccc4c4ccc(-c5cccc6c5c5cccnc5n6-c5ccccc5)cc43)cc2)cc1.c1ccc(-c2nc(-c3ccccc3)nc(-n3c4ccccc4c4ccc(-c5cccc6c5c5cccnc5n6-c5ccccc5)cc43)n2)cc1.c1ccc(-n2c3ccccc3c3ccc(-c4cccc5c4c4ccncc4n5-c4ccccc4)cc32)cc1. The van der Waals surface area contributed by atoms with Gasteiger partial charge in [-0.15, -0.1) is 0 Å². The van der Waals surface area contributed by atoms with Crippen molar-refractivity contribution >= 4 is 131 Å². The minimum atomic E-state index is 0.573. The Labute approximate surface area is 758 Å². The van der Waals surface area contributed by atoms with Gasteiger partial charge in [-0.1, -0.05) is 303 Å². The van der Waals surface area contributed by atoms with E-state index in [4.69, 9.17) is 24.9 Å². The van der Waals surface area contributed by atoms with Crippen LogP contribution in [0.4, 0.5) is 0 Å². The summed E-state index contributed by atoms with van der Waals surface area (Å²) in [7, 11) is 0. The lowest BCUT2D eigenvalue weighted by Crippen LogP contribution is -2.06. The van der Waals surface area contributed by atoms with E-state index in [1.165, 1.54) is 110 Å². The average molecular weight is 1690 g/mol. The zero-order valence-corrected chi connectivity index (χ0v) is 71.4. The fourth-order valence-corrected chi connectivity index (χ4v) is 20.1. The second-order valence-electron chi connectivity index (χ2n) is 33.3. The van der Waals surface area contributed by atoms with Gasteiger partial charge in [0.15, 0.2) is 11.6 Å². The van der Waals surface area contributed by atoms with E-state index in [0.29, 0.717) is 17.6 Å². The molecule has 10 heterocycles. The molecule has 0 atom stereocenters. The van der Waals surface area contributed by atoms with E-state index in [1.807, 2.05) is 104 Å². The first-order valence-electron chi connectivity index (χ1n) is 44.5. The molecule has 0 saturated carbocycles. The van der Waals surface area contributed by atoms with Crippen LogP contribution in [0, 0.1) is 0 Å². The number of aromatic nitrogens is 12. The van der Waals surface area contributed by atoms with Crippen LogP contribution in [-0.2, 0) is 0 Å². The minimum absolute atomic E-state index is 0.573. The molecule has 0 aliphatic heterocycles. The van der Waals surface area contributed by atoms with Gasteiger partial charge >= 0.3 is 0 Å². The Morgan fingerprint density at radius 1 is 0.167 bits per heavy atom. The average Bonchev–Trinajstić information content (AvgIpc) is 1.58. The van der Waals surface area contributed by atoms with Crippen LogP contribution in [-0.4, -0.2) is 57.3 Å². The Morgan fingerprint density at radius 2 is 0.470 bits per heavy atom. The maximum absolute atomic E-state index is 5.13. The summed E-state index contributed by atoms with van der Waals surface area (Å²) >= 11 is 0. The van der Waals surface area contributed by atoms with Crippen molar-refractivity contribution in [2.24, 2.45) is 0 Å². The van der Waals surface area contributed by atoms with Gasteiger partial charge in [-0.3, -0.25) is 18.7 Å². The first kappa shape index (κ1) is 76.4. The van der Waals surface area contributed by atoms with Crippen LogP contribution < -0.4 is 0 Å². The fraction of sp³-hybridized carbons (Fsp3) is 0. The highest BCUT2D eigenvalue weighted by atomic mass is 15.2. The van der Waals surface area contributed by atoms with Crippen molar-refractivity contribution in [2.75, 3.05) is 0 Å². The predicted molar refractivity (Wildman–Crippen MR) is 545 cm³/mol. The van der Waals surface area contributed by atoms with Gasteiger partial charge in [0.05, 0.1) is 61.4 Å². The molecule has 27 rings (SSSR count). The predicted octanol–water partition coefficient (Wildman–Crippen LogP) is 30.0. The van der Waals surface area contributed by atoms with Crippen LogP contribution in [0.5, 0.6) is 0 Å². The molecule has 12 heteroatoms. The highest BCUT2D eigenvalue weighted by Gasteiger charge is 2.26. The highest BCUT2D eigenvalue weighted by molar-refractivity contribution is 6.20. The van der Waals surface area contributed by atoms with Crippen LogP contribution in [0.3, 0.4) is 0 Å². The summed E-state index contributed by atoms with van der Waals surface area (Å²) in [5.74, 6) is 1.83. The molecule has 618 valence electrons. The lowest BCUT2D eigenvalue weighted by atomic mass is 9.98. The molecule has 10 aromatic heterocycles. The molecule has 17 aromatic carbocycles. The molecule has 0 saturated heterocycles. The van der Waals surface area contributed by atoms with E-state index in [1.54, 1.807) is 0 Å². The molecule has 0 fully saturated rings. The lowest BCUT2D eigenvalue weighted by molar-refractivity contribution is 0.953. The second-order valence-corrected chi connectivity index (χ2v) is 33.3. The zero-order valence-electron chi connectivity index (χ0n) is 71.4. The zero-order chi connectivity index (χ0) is 87.1. The Bertz CT molecular complexity index is 9060. The Morgan fingerprint density at radius 3 is 0.894 bits per heavy atom. The fourth-order valence-electron chi connectivity index (χ4n) is 20.1. The quantitative estimate of drug-likeness (QED) is 0.121. The Hall–Kier alpha value is -18.0. The van der Waals surface area contributed by atoms with Gasteiger partial charge < -0.3 is 13.7 Å². The van der Waals surface area contributed by atoms with Crippen molar-refractivity contribution in [1.82, 2.24) is 57.3 Å². The number of hydrogen-bond donors (Lipinski definition) is 0. The third-order valence-corrected chi connectivity index (χ3v) is 25.8. The van der Waals surface area contributed by atoms with E-state index in [0.717, 1.165) is 105 Å². The monoisotopic (exact) mass is 1690 g/mol. The number of fused-ring (bicyclic) bond motifs is 18. The summed E-state index contributed by atoms with van der Waals surface area (Å²) in [6.07, 6.45) is 7.62. The van der Waals surface area contributed by atoms with E-state index in [-0.39, 0.29) is 0 Å². The maximum atomic E-state index is 5.13. The highest BCUT2D eigenvalue weighted by Crippen LogP contribution is 2.46. The molecule has 0 spiro atoms. The number of rotatable bonds is 12. The number of benzene rings is 17. The molecular weight excluding hydrogens is 1610 g/mol. The molecule has 0 radical (unpaired) electrons. The van der Waals surface area contributed by atoms with Crippen LogP contribution in [0.25, 0.3) is 233 Å². The molecule has 0 bridgehead atoms. The summed E-state index contributed by atoms with van der Waals surface area (Å²) < 4.78 is 13.8. The van der Waals surface area contributed by atoms with Gasteiger partial charge in [-0.25, -0.2) is 15.0 Å². The summed E-state index contributed by atoms with van der Waals surface area (Å²) in [5, 5.41) is 14.4. The molecule has 12 nitrogen and oxygen atoms in total. The van der Waals surface area contributed by atoms with Crippen molar-refractivity contribution < 1.29 is 0 Å². The normalized spacial score (nSPS) is 11.6. The molecule has 0 N–H and O–H groups in total. The van der Waals surface area contributed by atoms with E-state index in [2.05, 4.69) is 402 Å². The maximum Gasteiger partial charge on any atom is 0.238 e. The first-order valence-corrected chi connectivity index (χ1v) is 44.5. The molecule has 0 amide bonds. The van der Waals surface area contributed by atoms with E-state index in [9.17, 15) is 0 Å². The smallest absolute Gasteiger partial charge is 0.238 e. The molecule has 0 unspecified atom stereocenters. The Balaban J connectivity index is 0.000000107. The van der Waals surface area contributed by atoms with E-state index >= 15 is 0 Å². The number of nitrogens with zero attached hydrogens (tertiary/aromatic N) is 12. The molecule has 0 aliphatic carbocycles. The first-order chi connectivity index (χ1) is 65.5. The molecule has 132 heavy (non-hydrogen) atoms. The standard InChI is InChI=1S/C44H28N6.C41H27N3.C35H23N3/c1-4-14-29(15-5-1)41-46-42(30-16-6-2-7-17-30)48-44(47-41)50-37-23-11-10-20-34(37)35-26-25-31(28-39(35)50)33-21-12-24-38-40(33)36-22-13-27-45-43(36)49(38)32-18-8-3-9-19-32;1-3-11-28(12-4-1)29-20-23-32(24-21-29)43-37-18-8-7-15-34(37)35-25-22-30(27-39(35)43)33-16-9-19-38-40(33)36-17-10-26-42-41(36)44(38)31-13-5-2-6-14-31;1-3-10-25(11-4-1)37-31-16-8-7-14-28(31)29-19-18-24(22-33(29)37)27-15-9-17-32-35(27)30-20-21-36-23-34(30)38(32)26-12-5-2-6-13-26/h1-28H;1-27H;1-23H. The van der Waals surface area contributed by atoms with Gasteiger partial charge in [-0.2, -0.15) is 9.97 Å². The van der Waals surface area contributed by atoms with Crippen LogP contribution >= 0.6 is 0 Å². The minimum Gasteiger partial charge on any atom is -0.309 e. The largest absolute Gasteiger partial charge is 0.309 e. The summed E-state index contributed by atoms with van der Waals surface area (Å²) in [4.78, 5) is 29.4. The summed E-state index contributed by atoms with van der Waals surface area (Å²) in [6, 6.07) is 159. The topological polar surface area (TPSA) is 107 Å². The van der Waals surface area contributed by atoms with Crippen molar-refractivity contribution in [2.45, 2.75) is 0 Å².